The van der Waals surface area contributed by atoms with Crippen LogP contribution < -0.4 is 15.2 Å². The molecule has 2 saturated carbocycles. The number of hydrogen-bond acceptors (Lipinski definition) is 3. The number of benzene rings is 1. The zero-order valence-corrected chi connectivity index (χ0v) is 11.7. The highest BCUT2D eigenvalue weighted by molar-refractivity contribution is 5.45. The predicted octanol–water partition coefficient (Wildman–Crippen LogP) is 3.35. The van der Waals surface area contributed by atoms with Crippen LogP contribution in [0.15, 0.2) is 18.2 Å². The third-order valence-corrected chi connectivity index (χ3v) is 4.58. The van der Waals surface area contributed by atoms with Crippen molar-refractivity contribution in [1.29, 1.82) is 0 Å². The fraction of sp³-hybridized carbons (Fsp3) is 0.625. The van der Waals surface area contributed by atoms with Crippen molar-refractivity contribution >= 4 is 0 Å². The van der Waals surface area contributed by atoms with Crippen molar-refractivity contribution in [3.8, 4) is 11.5 Å². The summed E-state index contributed by atoms with van der Waals surface area (Å²) < 4.78 is 11.5. The molecule has 2 aliphatic rings. The lowest BCUT2D eigenvalue weighted by Crippen LogP contribution is -2.43. The lowest BCUT2D eigenvalue weighted by molar-refractivity contribution is 0.199. The highest BCUT2D eigenvalue weighted by Gasteiger charge is 2.35. The van der Waals surface area contributed by atoms with E-state index in [0.717, 1.165) is 37.2 Å². The highest BCUT2D eigenvalue weighted by Crippen LogP contribution is 2.42. The zero-order valence-electron chi connectivity index (χ0n) is 11.7. The Morgan fingerprint density at radius 2 is 1.84 bits per heavy atom. The SMILES string of the molecule is COc1cc(C2(N)CCC2)ccc1OC1CCCC1. The minimum Gasteiger partial charge on any atom is -0.493 e. The van der Waals surface area contributed by atoms with E-state index in [9.17, 15) is 0 Å². The molecule has 0 unspecified atom stereocenters. The molecule has 0 radical (unpaired) electrons. The van der Waals surface area contributed by atoms with E-state index in [1.807, 2.05) is 6.07 Å². The number of nitrogens with two attached hydrogens (primary N) is 1. The van der Waals surface area contributed by atoms with Crippen molar-refractivity contribution in [2.75, 3.05) is 7.11 Å². The Labute approximate surface area is 115 Å². The Balaban J connectivity index is 1.80. The summed E-state index contributed by atoms with van der Waals surface area (Å²) in [5.41, 5.74) is 7.40. The largest absolute Gasteiger partial charge is 0.493 e. The molecule has 3 nitrogen and oxygen atoms in total. The number of rotatable bonds is 4. The molecule has 0 heterocycles. The molecule has 104 valence electrons. The zero-order chi connectivity index (χ0) is 13.3. The van der Waals surface area contributed by atoms with Crippen LogP contribution in [0.1, 0.15) is 50.5 Å². The quantitative estimate of drug-likeness (QED) is 0.904. The van der Waals surface area contributed by atoms with Crippen LogP contribution in [0.5, 0.6) is 11.5 Å². The lowest BCUT2D eigenvalue weighted by Gasteiger charge is -2.38. The summed E-state index contributed by atoms with van der Waals surface area (Å²) >= 11 is 0. The van der Waals surface area contributed by atoms with Gasteiger partial charge in [-0.05, 0) is 62.6 Å². The van der Waals surface area contributed by atoms with Crippen molar-refractivity contribution < 1.29 is 9.47 Å². The van der Waals surface area contributed by atoms with E-state index >= 15 is 0 Å². The first-order valence-electron chi connectivity index (χ1n) is 7.35. The Kier molecular flexibility index (Phi) is 3.40. The number of ether oxygens (including phenoxy) is 2. The van der Waals surface area contributed by atoms with Gasteiger partial charge in [-0.3, -0.25) is 0 Å². The summed E-state index contributed by atoms with van der Waals surface area (Å²) in [6.45, 7) is 0. The van der Waals surface area contributed by atoms with Gasteiger partial charge in [-0.15, -0.1) is 0 Å². The third-order valence-electron chi connectivity index (χ3n) is 4.58. The molecule has 2 N–H and O–H groups in total. The maximum Gasteiger partial charge on any atom is 0.161 e. The molecule has 0 amide bonds. The van der Waals surface area contributed by atoms with E-state index in [1.54, 1.807) is 7.11 Å². The normalized spacial score (nSPS) is 22.0. The van der Waals surface area contributed by atoms with Crippen LogP contribution >= 0.6 is 0 Å². The van der Waals surface area contributed by atoms with Gasteiger partial charge < -0.3 is 15.2 Å². The molecule has 3 heteroatoms. The van der Waals surface area contributed by atoms with E-state index in [4.69, 9.17) is 15.2 Å². The van der Waals surface area contributed by atoms with Crippen molar-refractivity contribution in [2.24, 2.45) is 5.73 Å². The van der Waals surface area contributed by atoms with Crippen molar-refractivity contribution in [1.82, 2.24) is 0 Å². The summed E-state index contributed by atoms with van der Waals surface area (Å²) in [6, 6.07) is 6.19. The number of hydrogen-bond donors (Lipinski definition) is 1. The van der Waals surface area contributed by atoms with E-state index in [-0.39, 0.29) is 5.54 Å². The molecule has 2 aliphatic carbocycles. The third kappa shape index (κ3) is 2.44. The van der Waals surface area contributed by atoms with E-state index in [2.05, 4.69) is 12.1 Å². The molecule has 0 aliphatic heterocycles. The van der Waals surface area contributed by atoms with Gasteiger partial charge in [-0.1, -0.05) is 6.07 Å². The summed E-state index contributed by atoms with van der Waals surface area (Å²) in [4.78, 5) is 0. The molecule has 19 heavy (non-hydrogen) atoms. The predicted molar refractivity (Wildman–Crippen MR) is 75.6 cm³/mol. The van der Waals surface area contributed by atoms with E-state index in [0.29, 0.717) is 6.10 Å². The Morgan fingerprint density at radius 1 is 1.11 bits per heavy atom. The summed E-state index contributed by atoms with van der Waals surface area (Å²) in [7, 11) is 1.70. The average molecular weight is 261 g/mol. The second-order valence-electron chi connectivity index (χ2n) is 5.90. The van der Waals surface area contributed by atoms with Gasteiger partial charge in [0.2, 0.25) is 0 Å². The van der Waals surface area contributed by atoms with Crippen molar-refractivity contribution in [3.63, 3.8) is 0 Å². The van der Waals surface area contributed by atoms with Crippen LogP contribution in [-0.4, -0.2) is 13.2 Å². The Morgan fingerprint density at radius 3 is 2.42 bits per heavy atom. The van der Waals surface area contributed by atoms with Gasteiger partial charge in [-0.2, -0.15) is 0 Å². The van der Waals surface area contributed by atoms with Crippen molar-refractivity contribution in [2.45, 2.75) is 56.6 Å². The Bertz CT molecular complexity index is 448. The van der Waals surface area contributed by atoms with Crippen LogP contribution in [0.4, 0.5) is 0 Å². The summed E-state index contributed by atoms with van der Waals surface area (Å²) in [5, 5.41) is 0. The molecule has 1 aromatic carbocycles. The first-order chi connectivity index (χ1) is 9.21. The molecule has 2 fully saturated rings. The minimum atomic E-state index is -0.140. The van der Waals surface area contributed by atoms with Crippen LogP contribution in [0.2, 0.25) is 0 Å². The standard InChI is InChI=1S/C16H23NO2/c1-18-15-11-12(16(17)9-4-10-16)7-8-14(15)19-13-5-2-3-6-13/h7-8,11,13H,2-6,9-10,17H2,1H3. The smallest absolute Gasteiger partial charge is 0.161 e. The average Bonchev–Trinajstić information content (AvgIpc) is 2.89. The van der Waals surface area contributed by atoms with Crippen LogP contribution in [0.3, 0.4) is 0 Å². The second-order valence-corrected chi connectivity index (χ2v) is 5.90. The molecular formula is C16H23NO2. The minimum absolute atomic E-state index is 0.140. The molecular weight excluding hydrogens is 238 g/mol. The number of methoxy groups -OCH3 is 1. The van der Waals surface area contributed by atoms with Crippen LogP contribution in [-0.2, 0) is 5.54 Å². The molecule has 0 saturated heterocycles. The highest BCUT2D eigenvalue weighted by atomic mass is 16.5. The Hall–Kier alpha value is -1.22. The van der Waals surface area contributed by atoms with Gasteiger partial charge >= 0.3 is 0 Å². The molecule has 0 aromatic heterocycles. The molecule has 3 rings (SSSR count). The topological polar surface area (TPSA) is 44.5 Å². The van der Waals surface area contributed by atoms with Crippen LogP contribution in [0.25, 0.3) is 0 Å². The van der Waals surface area contributed by atoms with Crippen LogP contribution in [0, 0.1) is 0 Å². The lowest BCUT2D eigenvalue weighted by atomic mass is 9.73. The van der Waals surface area contributed by atoms with Gasteiger partial charge in [0, 0.05) is 5.54 Å². The fourth-order valence-corrected chi connectivity index (χ4v) is 3.11. The van der Waals surface area contributed by atoms with E-state index < -0.39 is 0 Å². The summed E-state index contributed by atoms with van der Waals surface area (Å²) in [5.74, 6) is 1.68. The molecule has 0 spiro atoms. The van der Waals surface area contributed by atoms with Gasteiger partial charge in [0.15, 0.2) is 11.5 Å². The van der Waals surface area contributed by atoms with Gasteiger partial charge in [0.05, 0.1) is 13.2 Å². The van der Waals surface area contributed by atoms with Gasteiger partial charge in [-0.25, -0.2) is 0 Å². The van der Waals surface area contributed by atoms with Gasteiger partial charge in [0.1, 0.15) is 0 Å². The van der Waals surface area contributed by atoms with Crippen molar-refractivity contribution in [3.05, 3.63) is 23.8 Å². The summed E-state index contributed by atoms with van der Waals surface area (Å²) in [6.07, 6.45) is 8.58. The molecule has 0 bridgehead atoms. The molecule has 0 atom stereocenters. The maximum absolute atomic E-state index is 6.37. The first kappa shape index (κ1) is 12.8. The second kappa shape index (κ2) is 5.04. The first-order valence-corrected chi connectivity index (χ1v) is 7.35. The maximum atomic E-state index is 6.37. The molecule has 1 aromatic rings. The van der Waals surface area contributed by atoms with Gasteiger partial charge in [0.25, 0.3) is 0 Å². The van der Waals surface area contributed by atoms with E-state index in [1.165, 1.54) is 24.8 Å². The fourth-order valence-electron chi connectivity index (χ4n) is 3.11. The monoisotopic (exact) mass is 261 g/mol.